The third kappa shape index (κ3) is 7.29. The Balaban J connectivity index is 0.000000243. The molecule has 0 radical (unpaired) electrons. The zero-order valence-corrected chi connectivity index (χ0v) is 20.2. The molecular formula is C26H34F2N6O. The van der Waals surface area contributed by atoms with Crippen molar-refractivity contribution >= 4 is 0 Å². The van der Waals surface area contributed by atoms with Crippen molar-refractivity contribution in [3.8, 4) is 5.75 Å². The van der Waals surface area contributed by atoms with E-state index < -0.39 is 6.61 Å². The van der Waals surface area contributed by atoms with Crippen LogP contribution in [0.2, 0.25) is 0 Å². The average molecular weight is 485 g/mol. The number of tetrazole rings is 1. The summed E-state index contributed by atoms with van der Waals surface area (Å²) in [6.45, 7) is 4.89. The Kier molecular flexibility index (Phi) is 9.14. The van der Waals surface area contributed by atoms with Gasteiger partial charge in [-0.15, -0.1) is 5.10 Å². The van der Waals surface area contributed by atoms with Crippen molar-refractivity contribution in [1.29, 1.82) is 0 Å². The lowest BCUT2D eigenvalue weighted by Crippen LogP contribution is -2.42. The molecule has 0 spiro atoms. The van der Waals surface area contributed by atoms with E-state index in [2.05, 4.69) is 61.3 Å². The SMILES string of the molecule is CC(c1nnnn1Cc1ccccc1)N1CCCN(C2CCC2)CC1.FC(F)Oc1ccccc1. The second-order valence-corrected chi connectivity index (χ2v) is 9.06. The summed E-state index contributed by atoms with van der Waals surface area (Å²) in [4.78, 5) is 5.25. The molecule has 3 aromatic rings. The minimum absolute atomic E-state index is 0.192. The highest BCUT2D eigenvalue weighted by atomic mass is 19.3. The first-order chi connectivity index (χ1) is 17.1. The first kappa shape index (κ1) is 25.2. The summed E-state index contributed by atoms with van der Waals surface area (Å²) in [7, 11) is 0. The number of nitrogens with zero attached hydrogens (tertiary/aromatic N) is 6. The zero-order valence-electron chi connectivity index (χ0n) is 20.2. The maximum absolute atomic E-state index is 11.5. The molecular weight excluding hydrogens is 450 g/mol. The van der Waals surface area contributed by atoms with Crippen LogP contribution in [0.5, 0.6) is 5.75 Å². The summed E-state index contributed by atoms with van der Waals surface area (Å²) in [6, 6.07) is 19.5. The Morgan fingerprint density at radius 2 is 1.63 bits per heavy atom. The number of hydrogen-bond acceptors (Lipinski definition) is 6. The molecule has 0 amide bonds. The van der Waals surface area contributed by atoms with Gasteiger partial charge in [-0.1, -0.05) is 55.0 Å². The van der Waals surface area contributed by atoms with Crippen molar-refractivity contribution in [2.24, 2.45) is 0 Å². The van der Waals surface area contributed by atoms with Gasteiger partial charge >= 0.3 is 6.61 Å². The molecule has 1 unspecified atom stereocenters. The van der Waals surface area contributed by atoms with Gasteiger partial charge in [0, 0.05) is 25.7 Å². The normalized spacial score (nSPS) is 18.3. The summed E-state index contributed by atoms with van der Waals surface area (Å²) in [5.41, 5.74) is 1.23. The summed E-state index contributed by atoms with van der Waals surface area (Å²) >= 11 is 0. The van der Waals surface area contributed by atoms with Gasteiger partial charge in [0.1, 0.15) is 5.75 Å². The first-order valence-corrected chi connectivity index (χ1v) is 12.4. The van der Waals surface area contributed by atoms with E-state index in [0.29, 0.717) is 0 Å². The predicted molar refractivity (Wildman–Crippen MR) is 130 cm³/mol. The highest BCUT2D eigenvalue weighted by Gasteiger charge is 2.29. The summed E-state index contributed by atoms with van der Waals surface area (Å²) < 4.78 is 29.0. The van der Waals surface area contributed by atoms with Crippen LogP contribution < -0.4 is 4.74 Å². The largest absolute Gasteiger partial charge is 0.435 e. The fourth-order valence-corrected chi connectivity index (χ4v) is 4.61. The minimum Gasteiger partial charge on any atom is -0.435 e. The number of hydrogen-bond donors (Lipinski definition) is 0. The third-order valence-electron chi connectivity index (χ3n) is 6.78. The zero-order chi connectivity index (χ0) is 24.5. The molecule has 1 atom stereocenters. The molecule has 0 N–H and O–H groups in total. The van der Waals surface area contributed by atoms with Gasteiger partial charge < -0.3 is 4.74 Å². The second kappa shape index (κ2) is 12.7. The topological polar surface area (TPSA) is 59.3 Å². The molecule has 2 fully saturated rings. The van der Waals surface area contributed by atoms with Crippen LogP contribution in [0.3, 0.4) is 0 Å². The highest BCUT2D eigenvalue weighted by Crippen LogP contribution is 2.27. The summed E-state index contributed by atoms with van der Waals surface area (Å²) in [6.07, 6.45) is 5.44. The van der Waals surface area contributed by atoms with Crippen molar-refractivity contribution in [3.63, 3.8) is 0 Å². The molecule has 35 heavy (non-hydrogen) atoms. The van der Waals surface area contributed by atoms with Crippen LogP contribution in [0.4, 0.5) is 8.78 Å². The van der Waals surface area contributed by atoms with Crippen LogP contribution in [-0.2, 0) is 6.54 Å². The van der Waals surface area contributed by atoms with Crippen molar-refractivity contribution in [2.75, 3.05) is 26.2 Å². The lowest BCUT2D eigenvalue weighted by Gasteiger charge is -2.37. The van der Waals surface area contributed by atoms with Crippen LogP contribution >= 0.6 is 0 Å². The fourth-order valence-electron chi connectivity index (χ4n) is 4.61. The molecule has 2 aromatic carbocycles. The van der Waals surface area contributed by atoms with Crippen molar-refractivity contribution in [2.45, 2.75) is 57.8 Å². The van der Waals surface area contributed by atoms with Gasteiger partial charge in [0.15, 0.2) is 5.82 Å². The molecule has 1 aromatic heterocycles. The molecule has 5 rings (SSSR count). The molecule has 2 heterocycles. The van der Waals surface area contributed by atoms with E-state index in [9.17, 15) is 8.78 Å². The maximum atomic E-state index is 11.5. The van der Waals surface area contributed by atoms with Gasteiger partial charge in [-0.2, -0.15) is 8.78 Å². The number of rotatable bonds is 7. The van der Waals surface area contributed by atoms with E-state index in [1.165, 1.54) is 56.5 Å². The lowest BCUT2D eigenvalue weighted by atomic mass is 9.91. The van der Waals surface area contributed by atoms with E-state index in [0.717, 1.165) is 31.5 Å². The standard InChI is InChI=1S/C19H28N6.C7H6F2O/c1-16(23-11-6-12-24(14-13-23)18-9-5-10-18)19-20-21-22-25(19)15-17-7-3-2-4-8-17;8-7(9)10-6-4-2-1-3-5-6/h2-4,7-8,16,18H,5-6,9-15H2,1H3;1-5,7H. The molecule has 9 heteroatoms. The van der Waals surface area contributed by atoms with Crippen LogP contribution in [-0.4, -0.2) is 68.8 Å². The summed E-state index contributed by atoms with van der Waals surface area (Å²) in [5, 5.41) is 12.5. The van der Waals surface area contributed by atoms with Gasteiger partial charge in [0.25, 0.3) is 0 Å². The molecule has 0 bridgehead atoms. The molecule has 1 aliphatic heterocycles. The monoisotopic (exact) mass is 484 g/mol. The number of benzene rings is 2. The van der Waals surface area contributed by atoms with Crippen LogP contribution in [0.15, 0.2) is 60.7 Å². The summed E-state index contributed by atoms with van der Waals surface area (Å²) in [5.74, 6) is 1.17. The third-order valence-corrected chi connectivity index (χ3v) is 6.78. The lowest BCUT2D eigenvalue weighted by molar-refractivity contribution is -0.0498. The van der Waals surface area contributed by atoms with Crippen molar-refractivity contribution in [3.05, 3.63) is 72.1 Å². The van der Waals surface area contributed by atoms with Crippen LogP contribution in [0.25, 0.3) is 0 Å². The van der Waals surface area contributed by atoms with E-state index in [1.807, 2.05) is 10.7 Å². The van der Waals surface area contributed by atoms with Gasteiger partial charge in [0.05, 0.1) is 12.6 Å². The molecule has 1 saturated heterocycles. The average Bonchev–Trinajstić information content (AvgIpc) is 3.15. The van der Waals surface area contributed by atoms with E-state index in [4.69, 9.17) is 0 Å². The Labute approximate surface area is 205 Å². The molecule has 2 aliphatic rings. The van der Waals surface area contributed by atoms with Gasteiger partial charge in [-0.05, 0) is 60.9 Å². The van der Waals surface area contributed by atoms with Crippen LogP contribution in [0, 0.1) is 0 Å². The number of aromatic nitrogens is 4. The number of halogens is 2. The van der Waals surface area contributed by atoms with Gasteiger partial charge in [0.2, 0.25) is 0 Å². The molecule has 1 aliphatic carbocycles. The van der Waals surface area contributed by atoms with E-state index in [-0.39, 0.29) is 11.8 Å². The van der Waals surface area contributed by atoms with Crippen molar-refractivity contribution in [1.82, 2.24) is 30.0 Å². The Bertz CT molecular complexity index is 999. The fraction of sp³-hybridized carbons (Fsp3) is 0.500. The molecule has 1 saturated carbocycles. The highest BCUT2D eigenvalue weighted by molar-refractivity contribution is 5.20. The number of ether oxygens (including phenoxy) is 1. The quantitative estimate of drug-likeness (QED) is 0.487. The smallest absolute Gasteiger partial charge is 0.387 e. The molecule has 188 valence electrons. The number of para-hydroxylation sites is 1. The number of alkyl halides is 2. The minimum atomic E-state index is -2.73. The first-order valence-electron chi connectivity index (χ1n) is 12.4. The Hall–Kier alpha value is -2.91. The van der Waals surface area contributed by atoms with Gasteiger partial charge in [-0.3, -0.25) is 9.80 Å². The Morgan fingerprint density at radius 3 is 2.29 bits per heavy atom. The maximum Gasteiger partial charge on any atom is 0.387 e. The van der Waals surface area contributed by atoms with E-state index in [1.54, 1.807) is 18.2 Å². The Morgan fingerprint density at radius 1 is 0.914 bits per heavy atom. The van der Waals surface area contributed by atoms with E-state index >= 15 is 0 Å². The predicted octanol–water partition coefficient (Wildman–Crippen LogP) is 4.63. The second-order valence-electron chi connectivity index (χ2n) is 9.06. The van der Waals surface area contributed by atoms with Crippen molar-refractivity contribution < 1.29 is 13.5 Å². The molecule has 7 nitrogen and oxygen atoms in total. The van der Waals surface area contributed by atoms with Gasteiger partial charge in [-0.25, -0.2) is 4.68 Å². The van der Waals surface area contributed by atoms with Crippen LogP contribution in [0.1, 0.15) is 50.0 Å².